The van der Waals surface area contributed by atoms with Crippen molar-refractivity contribution in [1.82, 2.24) is 0 Å². The van der Waals surface area contributed by atoms with Crippen LogP contribution >= 0.6 is 11.6 Å². The second kappa shape index (κ2) is 7.80. The largest absolute Gasteiger partial charge is 0.421 e. The Morgan fingerprint density at radius 1 is 0.792 bits per heavy atom. The minimum absolute atomic E-state index is 0.377. The Labute approximate surface area is 146 Å². The monoisotopic (exact) mass is 336 g/mol. The van der Waals surface area contributed by atoms with Crippen LogP contribution in [-0.2, 0) is 12.8 Å². The van der Waals surface area contributed by atoms with Crippen molar-refractivity contribution < 1.29 is 9.53 Å². The first kappa shape index (κ1) is 16.3. The van der Waals surface area contributed by atoms with Crippen LogP contribution in [0.2, 0.25) is 5.02 Å². The van der Waals surface area contributed by atoms with Crippen molar-refractivity contribution in [2.45, 2.75) is 12.8 Å². The maximum absolute atomic E-state index is 12.5. The number of esters is 1. The minimum atomic E-state index is -0.383. The molecule has 0 unspecified atom stereocenters. The highest BCUT2D eigenvalue weighted by Gasteiger charge is 2.14. The molecule has 0 bridgehead atoms. The van der Waals surface area contributed by atoms with E-state index in [1.54, 1.807) is 30.3 Å². The number of carbonyl (C=O) groups excluding carboxylic acids is 1. The molecule has 3 aromatic carbocycles. The second-order valence-corrected chi connectivity index (χ2v) is 5.87. The van der Waals surface area contributed by atoms with Gasteiger partial charge in [-0.2, -0.15) is 0 Å². The first-order valence-electron chi connectivity index (χ1n) is 7.82. The fourth-order valence-electron chi connectivity index (χ4n) is 2.54. The van der Waals surface area contributed by atoms with Gasteiger partial charge in [0, 0.05) is 0 Å². The standard InChI is InChI=1S/C21H17ClO2/c22-19-12-6-7-13-20(19)24-21(23)18-11-5-4-10-17(18)15-14-16-8-2-1-3-9-16/h1-13H,14-15H2. The maximum atomic E-state index is 12.5. The first-order valence-corrected chi connectivity index (χ1v) is 8.20. The van der Waals surface area contributed by atoms with Crippen molar-refractivity contribution in [2.75, 3.05) is 0 Å². The lowest BCUT2D eigenvalue weighted by Gasteiger charge is -2.10. The number of aryl methyl sites for hydroxylation is 2. The number of rotatable bonds is 5. The summed E-state index contributed by atoms with van der Waals surface area (Å²) in [6, 6.07) is 24.7. The fourth-order valence-corrected chi connectivity index (χ4v) is 2.72. The van der Waals surface area contributed by atoms with Crippen LogP contribution in [0.3, 0.4) is 0 Å². The smallest absolute Gasteiger partial charge is 0.343 e. The minimum Gasteiger partial charge on any atom is -0.421 e. The molecule has 0 aliphatic rings. The first-order chi connectivity index (χ1) is 11.7. The van der Waals surface area contributed by atoms with Crippen LogP contribution < -0.4 is 4.74 Å². The lowest BCUT2D eigenvalue weighted by molar-refractivity contribution is 0.0733. The van der Waals surface area contributed by atoms with Crippen LogP contribution in [0.1, 0.15) is 21.5 Å². The van der Waals surface area contributed by atoms with Crippen LogP contribution in [0, 0.1) is 0 Å². The van der Waals surface area contributed by atoms with E-state index in [2.05, 4.69) is 12.1 Å². The van der Waals surface area contributed by atoms with Crippen LogP contribution in [0.4, 0.5) is 0 Å². The highest BCUT2D eigenvalue weighted by atomic mass is 35.5. The molecule has 3 rings (SSSR count). The molecule has 2 nitrogen and oxygen atoms in total. The van der Waals surface area contributed by atoms with Gasteiger partial charge in [0.1, 0.15) is 5.75 Å². The Morgan fingerprint density at radius 2 is 1.46 bits per heavy atom. The zero-order valence-corrected chi connectivity index (χ0v) is 13.9. The Morgan fingerprint density at radius 3 is 2.25 bits per heavy atom. The van der Waals surface area contributed by atoms with Gasteiger partial charge in [0.15, 0.2) is 0 Å². The zero-order valence-electron chi connectivity index (χ0n) is 13.1. The molecule has 0 atom stereocenters. The van der Waals surface area contributed by atoms with Crippen molar-refractivity contribution in [3.63, 3.8) is 0 Å². The van der Waals surface area contributed by atoms with Crippen molar-refractivity contribution in [3.8, 4) is 5.75 Å². The van der Waals surface area contributed by atoms with Gasteiger partial charge in [-0.25, -0.2) is 4.79 Å². The summed E-state index contributed by atoms with van der Waals surface area (Å²) in [5.74, 6) is -0.00575. The van der Waals surface area contributed by atoms with Gasteiger partial charge in [0.05, 0.1) is 10.6 Å². The van der Waals surface area contributed by atoms with Gasteiger partial charge in [0.2, 0.25) is 0 Å². The van der Waals surface area contributed by atoms with E-state index in [0.717, 1.165) is 18.4 Å². The van der Waals surface area contributed by atoms with E-state index < -0.39 is 0 Å². The average Bonchev–Trinajstić information content (AvgIpc) is 2.63. The summed E-state index contributed by atoms with van der Waals surface area (Å²) < 4.78 is 5.45. The van der Waals surface area contributed by atoms with Gasteiger partial charge in [-0.05, 0) is 42.2 Å². The predicted octanol–water partition coefficient (Wildman–Crippen LogP) is 5.34. The summed E-state index contributed by atoms with van der Waals surface area (Å²) in [6.07, 6.45) is 1.65. The Bertz CT molecular complexity index is 828. The van der Waals surface area contributed by atoms with Crippen molar-refractivity contribution in [3.05, 3.63) is 101 Å². The highest BCUT2D eigenvalue weighted by molar-refractivity contribution is 6.32. The van der Waals surface area contributed by atoms with E-state index >= 15 is 0 Å². The topological polar surface area (TPSA) is 26.3 Å². The van der Waals surface area contributed by atoms with Gasteiger partial charge >= 0.3 is 5.97 Å². The van der Waals surface area contributed by atoms with Gasteiger partial charge in [-0.3, -0.25) is 0 Å². The second-order valence-electron chi connectivity index (χ2n) is 5.46. The summed E-state index contributed by atoms with van der Waals surface area (Å²) in [4.78, 5) is 12.5. The number of benzene rings is 3. The van der Waals surface area contributed by atoms with Crippen molar-refractivity contribution in [2.24, 2.45) is 0 Å². The summed E-state index contributed by atoms with van der Waals surface area (Å²) in [5.41, 5.74) is 2.79. The molecule has 0 spiro atoms. The normalized spacial score (nSPS) is 10.4. The molecule has 24 heavy (non-hydrogen) atoms. The molecule has 0 heterocycles. The third-order valence-electron chi connectivity index (χ3n) is 3.80. The third kappa shape index (κ3) is 4.03. The number of para-hydroxylation sites is 1. The van der Waals surface area contributed by atoms with E-state index in [4.69, 9.17) is 16.3 Å². The van der Waals surface area contributed by atoms with Gasteiger partial charge in [0.25, 0.3) is 0 Å². The van der Waals surface area contributed by atoms with Crippen LogP contribution in [0.5, 0.6) is 5.75 Å². The predicted molar refractivity (Wildman–Crippen MR) is 96.7 cm³/mol. The number of hydrogen-bond donors (Lipinski definition) is 0. The Hall–Kier alpha value is -2.58. The fraction of sp³-hybridized carbons (Fsp3) is 0.0952. The van der Waals surface area contributed by atoms with Gasteiger partial charge < -0.3 is 4.74 Å². The van der Waals surface area contributed by atoms with E-state index in [1.165, 1.54) is 5.56 Å². The van der Waals surface area contributed by atoms with Gasteiger partial charge in [-0.15, -0.1) is 0 Å². The summed E-state index contributed by atoms with van der Waals surface area (Å²) >= 11 is 6.06. The van der Waals surface area contributed by atoms with Crippen LogP contribution in [0.15, 0.2) is 78.9 Å². The number of hydrogen-bond acceptors (Lipinski definition) is 2. The number of ether oxygens (including phenoxy) is 1. The maximum Gasteiger partial charge on any atom is 0.343 e. The molecule has 0 radical (unpaired) electrons. The molecule has 0 aliphatic heterocycles. The van der Waals surface area contributed by atoms with Crippen LogP contribution in [-0.4, -0.2) is 5.97 Å². The Balaban J connectivity index is 1.76. The Kier molecular flexibility index (Phi) is 5.29. The molecule has 0 saturated carbocycles. The van der Waals surface area contributed by atoms with Crippen molar-refractivity contribution in [1.29, 1.82) is 0 Å². The quantitative estimate of drug-likeness (QED) is 0.464. The molecule has 0 N–H and O–H groups in total. The van der Waals surface area contributed by atoms with Gasteiger partial charge in [-0.1, -0.05) is 72.3 Å². The van der Waals surface area contributed by atoms with Crippen molar-refractivity contribution >= 4 is 17.6 Å². The molecule has 3 heteroatoms. The average molecular weight is 337 g/mol. The third-order valence-corrected chi connectivity index (χ3v) is 4.11. The molecule has 3 aromatic rings. The van der Waals surface area contributed by atoms with E-state index in [9.17, 15) is 4.79 Å². The van der Waals surface area contributed by atoms with E-state index in [-0.39, 0.29) is 5.97 Å². The zero-order chi connectivity index (χ0) is 16.8. The summed E-state index contributed by atoms with van der Waals surface area (Å²) in [6.45, 7) is 0. The van der Waals surface area contributed by atoms with Crippen LogP contribution in [0.25, 0.3) is 0 Å². The molecule has 120 valence electrons. The highest BCUT2D eigenvalue weighted by Crippen LogP contribution is 2.25. The summed E-state index contributed by atoms with van der Waals surface area (Å²) in [7, 11) is 0. The number of carbonyl (C=O) groups is 1. The number of halogens is 1. The molecule has 0 saturated heterocycles. The molecular weight excluding hydrogens is 320 g/mol. The molecule has 0 aromatic heterocycles. The summed E-state index contributed by atoms with van der Waals surface area (Å²) in [5, 5.41) is 0.424. The molecular formula is C21H17ClO2. The van der Waals surface area contributed by atoms with E-state index in [1.807, 2.05) is 36.4 Å². The lowest BCUT2D eigenvalue weighted by Crippen LogP contribution is -2.12. The molecule has 0 fully saturated rings. The SMILES string of the molecule is O=C(Oc1ccccc1Cl)c1ccccc1CCc1ccccc1. The van der Waals surface area contributed by atoms with E-state index in [0.29, 0.717) is 16.3 Å². The molecule has 0 aliphatic carbocycles. The lowest BCUT2D eigenvalue weighted by atomic mass is 10.00. The molecule has 0 amide bonds.